The molecular formula is C15H22ClNO3. The molecule has 1 aliphatic rings. The van der Waals surface area contributed by atoms with E-state index in [9.17, 15) is 5.11 Å². The van der Waals surface area contributed by atoms with Gasteiger partial charge in [-0.2, -0.15) is 0 Å². The highest BCUT2D eigenvalue weighted by molar-refractivity contribution is 6.32. The van der Waals surface area contributed by atoms with Crippen LogP contribution in [-0.2, 0) is 0 Å². The Labute approximate surface area is 125 Å². The number of benzene rings is 1. The molecule has 0 heterocycles. The molecule has 0 saturated heterocycles. The molecule has 0 aliphatic heterocycles. The highest BCUT2D eigenvalue weighted by Crippen LogP contribution is 2.45. The van der Waals surface area contributed by atoms with E-state index in [0.29, 0.717) is 10.8 Å². The Morgan fingerprint density at radius 3 is 2.45 bits per heavy atom. The zero-order valence-corrected chi connectivity index (χ0v) is 13.0. The van der Waals surface area contributed by atoms with E-state index in [4.69, 9.17) is 21.1 Å². The number of aliphatic hydroxyl groups is 1. The van der Waals surface area contributed by atoms with Crippen molar-refractivity contribution in [2.45, 2.75) is 25.8 Å². The van der Waals surface area contributed by atoms with Crippen molar-refractivity contribution in [1.29, 1.82) is 0 Å². The van der Waals surface area contributed by atoms with Crippen molar-refractivity contribution < 1.29 is 14.6 Å². The lowest BCUT2D eigenvalue weighted by molar-refractivity contribution is 0.204. The summed E-state index contributed by atoms with van der Waals surface area (Å²) in [6.45, 7) is 3.11. The lowest BCUT2D eigenvalue weighted by Gasteiger charge is -2.21. The van der Waals surface area contributed by atoms with Crippen LogP contribution in [0.2, 0.25) is 5.02 Å². The van der Waals surface area contributed by atoms with Crippen LogP contribution in [0.25, 0.3) is 0 Å². The van der Waals surface area contributed by atoms with E-state index < -0.39 is 0 Å². The van der Waals surface area contributed by atoms with Crippen LogP contribution in [-0.4, -0.2) is 32.5 Å². The topological polar surface area (TPSA) is 50.7 Å². The van der Waals surface area contributed by atoms with E-state index in [1.54, 1.807) is 20.3 Å². The van der Waals surface area contributed by atoms with Crippen molar-refractivity contribution in [2.75, 3.05) is 27.4 Å². The van der Waals surface area contributed by atoms with Crippen molar-refractivity contribution in [3.63, 3.8) is 0 Å². The van der Waals surface area contributed by atoms with Gasteiger partial charge < -0.3 is 19.9 Å². The van der Waals surface area contributed by atoms with Gasteiger partial charge in [-0.3, -0.25) is 0 Å². The fourth-order valence-corrected chi connectivity index (χ4v) is 2.52. The third-order valence-electron chi connectivity index (χ3n) is 4.05. The fourth-order valence-electron chi connectivity index (χ4n) is 2.27. The first-order valence-corrected chi connectivity index (χ1v) is 7.19. The minimum absolute atomic E-state index is 0.0811. The van der Waals surface area contributed by atoms with Crippen molar-refractivity contribution >= 4 is 11.6 Å². The normalized spacial score (nSPS) is 17.6. The predicted molar refractivity (Wildman–Crippen MR) is 79.7 cm³/mol. The molecule has 2 N–H and O–H groups in total. The zero-order valence-electron chi connectivity index (χ0n) is 12.2. The maximum Gasteiger partial charge on any atom is 0.141 e. The van der Waals surface area contributed by atoms with E-state index in [1.165, 1.54) is 0 Å². The second kappa shape index (κ2) is 6.20. The molecule has 1 aliphatic carbocycles. The third kappa shape index (κ3) is 3.19. The van der Waals surface area contributed by atoms with Gasteiger partial charge in [0.05, 0.1) is 19.2 Å². The molecule has 1 saturated carbocycles. The van der Waals surface area contributed by atoms with Crippen LogP contribution >= 0.6 is 11.6 Å². The Bertz CT molecular complexity index is 474. The molecule has 1 aromatic rings. The summed E-state index contributed by atoms with van der Waals surface area (Å²) in [6, 6.07) is 3.77. The van der Waals surface area contributed by atoms with Gasteiger partial charge in [0.1, 0.15) is 11.5 Å². The van der Waals surface area contributed by atoms with E-state index >= 15 is 0 Å². The largest absolute Gasteiger partial charge is 0.496 e. The van der Waals surface area contributed by atoms with Crippen LogP contribution in [0.15, 0.2) is 12.1 Å². The number of nitrogens with one attached hydrogen (secondary N) is 1. The summed E-state index contributed by atoms with van der Waals surface area (Å²) in [5, 5.41) is 13.4. The van der Waals surface area contributed by atoms with Gasteiger partial charge >= 0.3 is 0 Å². The number of hydrogen-bond donors (Lipinski definition) is 2. The van der Waals surface area contributed by atoms with Gasteiger partial charge in [-0.1, -0.05) is 11.6 Å². The molecule has 2 rings (SSSR count). The number of rotatable bonds is 7. The highest BCUT2D eigenvalue weighted by Gasteiger charge is 2.41. The Morgan fingerprint density at radius 1 is 1.30 bits per heavy atom. The standard InChI is InChI=1S/C15H22ClNO3/c1-10(17-8-15(9-18)4-5-15)11-6-12(16)14(20-3)7-13(11)19-2/h6-7,10,17-18H,4-5,8-9H2,1-3H3. The first-order chi connectivity index (χ1) is 9.55. The second-order valence-corrected chi connectivity index (χ2v) is 5.90. The summed E-state index contributed by atoms with van der Waals surface area (Å²) in [5.74, 6) is 1.36. The van der Waals surface area contributed by atoms with Crippen molar-refractivity contribution in [2.24, 2.45) is 5.41 Å². The molecule has 0 spiro atoms. The molecule has 0 amide bonds. The molecule has 1 aromatic carbocycles. The maximum atomic E-state index is 9.35. The minimum Gasteiger partial charge on any atom is -0.496 e. The molecule has 0 aromatic heterocycles. The van der Waals surface area contributed by atoms with Gasteiger partial charge in [0.15, 0.2) is 0 Å². The minimum atomic E-state index is 0.0811. The van der Waals surface area contributed by atoms with Gasteiger partial charge in [0.2, 0.25) is 0 Å². The molecule has 0 radical (unpaired) electrons. The van der Waals surface area contributed by atoms with Gasteiger partial charge in [0, 0.05) is 36.2 Å². The lowest BCUT2D eigenvalue weighted by Crippen LogP contribution is -2.29. The third-order valence-corrected chi connectivity index (χ3v) is 4.34. The summed E-state index contributed by atoms with van der Waals surface area (Å²) in [5.41, 5.74) is 1.07. The summed E-state index contributed by atoms with van der Waals surface area (Å²) in [7, 11) is 3.22. The Hall–Kier alpha value is -0.970. The van der Waals surface area contributed by atoms with E-state index in [0.717, 1.165) is 30.7 Å². The number of halogens is 1. The summed E-state index contributed by atoms with van der Waals surface area (Å²) in [4.78, 5) is 0. The number of ether oxygens (including phenoxy) is 2. The Balaban J connectivity index is 2.12. The molecule has 1 unspecified atom stereocenters. The first-order valence-electron chi connectivity index (χ1n) is 6.81. The van der Waals surface area contributed by atoms with Gasteiger partial charge in [0.25, 0.3) is 0 Å². The first kappa shape index (κ1) is 15.4. The molecule has 4 nitrogen and oxygen atoms in total. The Kier molecular flexibility index (Phi) is 4.78. The predicted octanol–water partition coefficient (Wildman–Crippen LogP) is 2.78. The lowest BCUT2D eigenvalue weighted by atomic mass is 10.0. The van der Waals surface area contributed by atoms with Crippen molar-refractivity contribution in [3.8, 4) is 11.5 Å². The summed E-state index contributed by atoms with van der Waals surface area (Å²) >= 11 is 6.18. The SMILES string of the molecule is COc1cc(OC)c(C(C)NCC2(CO)CC2)cc1Cl. The fraction of sp³-hybridized carbons (Fsp3) is 0.600. The highest BCUT2D eigenvalue weighted by atomic mass is 35.5. The van der Waals surface area contributed by atoms with E-state index in [1.807, 2.05) is 6.07 Å². The summed E-state index contributed by atoms with van der Waals surface area (Å²) < 4.78 is 10.6. The average Bonchev–Trinajstić information content (AvgIpc) is 3.25. The molecule has 20 heavy (non-hydrogen) atoms. The quantitative estimate of drug-likeness (QED) is 0.813. The zero-order chi connectivity index (χ0) is 14.8. The van der Waals surface area contributed by atoms with Crippen LogP contribution in [0, 0.1) is 5.41 Å². The van der Waals surface area contributed by atoms with E-state index in [-0.39, 0.29) is 18.1 Å². The molecular weight excluding hydrogens is 278 g/mol. The van der Waals surface area contributed by atoms with Gasteiger partial charge in [-0.15, -0.1) is 0 Å². The summed E-state index contributed by atoms with van der Waals surface area (Å²) in [6.07, 6.45) is 2.17. The van der Waals surface area contributed by atoms with Crippen LogP contribution in [0.3, 0.4) is 0 Å². The smallest absolute Gasteiger partial charge is 0.141 e. The van der Waals surface area contributed by atoms with Crippen molar-refractivity contribution in [1.82, 2.24) is 5.32 Å². The second-order valence-electron chi connectivity index (χ2n) is 5.49. The monoisotopic (exact) mass is 299 g/mol. The Morgan fingerprint density at radius 2 is 1.95 bits per heavy atom. The average molecular weight is 300 g/mol. The van der Waals surface area contributed by atoms with Crippen LogP contribution in [0.5, 0.6) is 11.5 Å². The van der Waals surface area contributed by atoms with Crippen molar-refractivity contribution in [3.05, 3.63) is 22.7 Å². The van der Waals surface area contributed by atoms with E-state index in [2.05, 4.69) is 12.2 Å². The molecule has 1 atom stereocenters. The maximum absolute atomic E-state index is 9.35. The molecule has 112 valence electrons. The molecule has 0 bridgehead atoms. The van der Waals surface area contributed by atoms with Gasteiger partial charge in [-0.25, -0.2) is 0 Å². The molecule has 1 fully saturated rings. The number of methoxy groups -OCH3 is 2. The number of aliphatic hydroxyl groups excluding tert-OH is 1. The van der Waals surface area contributed by atoms with Crippen LogP contribution in [0.1, 0.15) is 31.4 Å². The van der Waals surface area contributed by atoms with Gasteiger partial charge in [-0.05, 0) is 25.8 Å². The van der Waals surface area contributed by atoms with Crippen LogP contribution < -0.4 is 14.8 Å². The number of hydrogen-bond acceptors (Lipinski definition) is 4. The van der Waals surface area contributed by atoms with Crippen LogP contribution in [0.4, 0.5) is 0 Å². The molecule has 5 heteroatoms.